The van der Waals surface area contributed by atoms with E-state index in [1.165, 1.54) is 11.4 Å². The molecule has 1 aliphatic rings. The summed E-state index contributed by atoms with van der Waals surface area (Å²) >= 11 is 0. The maximum Gasteiger partial charge on any atom is 0.0535 e. The Morgan fingerprint density at radius 1 is 1.23 bits per heavy atom. The molecule has 2 heteroatoms. The molecule has 0 aliphatic heterocycles. The van der Waals surface area contributed by atoms with Crippen LogP contribution in [0.3, 0.4) is 0 Å². The summed E-state index contributed by atoms with van der Waals surface area (Å²) in [7, 11) is 3.90. The standard InChI is InChI=1S/C11H18N2/c1-9-6-4-5-7-10(12-2)11(8-9)13-3/h4,6-9,12-13H,5H2,1-3H3/b6-4-,10-7+,11-8+. The second-order valence-electron chi connectivity index (χ2n) is 3.22. The molecule has 0 heterocycles. The van der Waals surface area contributed by atoms with Crippen molar-refractivity contribution in [3.63, 3.8) is 0 Å². The first-order chi connectivity index (χ1) is 6.27. The molecular formula is C11H18N2. The second kappa shape index (κ2) is 4.75. The minimum atomic E-state index is 0.500. The van der Waals surface area contributed by atoms with Gasteiger partial charge in [-0.05, 0) is 12.3 Å². The molecule has 0 saturated heterocycles. The van der Waals surface area contributed by atoms with Gasteiger partial charge in [-0.3, -0.25) is 0 Å². The molecular weight excluding hydrogens is 160 g/mol. The van der Waals surface area contributed by atoms with Gasteiger partial charge in [0, 0.05) is 14.1 Å². The van der Waals surface area contributed by atoms with E-state index in [0.717, 1.165) is 6.42 Å². The average Bonchev–Trinajstić information content (AvgIpc) is 2.11. The molecule has 1 rings (SSSR count). The van der Waals surface area contributed by atoms with E-state index in [2.05, 4.69) is 41.9 Å². The van der Waals surface area contributed by atoms with Crippen LogP contribution in [0.5, 0.6) is 0 Å². The van der Waals surface area contributed by atoms with E-state index in [0.29, 0.717) is 5.92 Å². The van der Waals surface area contributed by atoms with Gasteiger partial charge >= 0.3 is 0 Å². The molecule has 0 aromatic rings. The van der Waals surface area contributed by atoms with E-state index < -0.39 is 0 Å². The molecule has 0 aromatic heterocycles. The Bertz CT molecular complexity index is 249. The lowest BCUT2D eigenvalue weighted by Crippen LogP contribution is -2.18. The SMILES string of the molecule is CNC1=C/C/C=C\C(C)/C=C\1NC. The van der Waals surface area contributed by atoms with E-state index in [-0.39, 0.29) is 0 Å². The van der Waals surface area contributed by atoms with Crippen LogP contribution in [0.2, 0.25) is 0 Å². The van der Waals surface area contributed by atoms with Gasteiger partial charge < -0.3 is 10.6 Å². The summed E-state index contributed by atoms with van der Waals surface area (Å²) < 4.78 is 0. The highest BCUT2D eigenvalue weighted by atomic mass is 14.9. The summed E-state index contributed by atoms with van der Waals surface area (Å²) in [5.41, 5.74) is 2.36. The average molecular weight is 178 g/mol. The van der Waals surface area contributed by atoms with Crippen LogP contribution in [0.4, 0.5) is 0 Å². The van der Waals surface area contributed by atoms with Crippen LogP contribution in [0.25, 0.3) is 0 Å². The molecule has 72 valence electrons. The van der Waals surface area contributed by atoms with Crippen molar-refractivity contribution in [2.24, 2.45) is 5.92 Å². The molecule has 2 N–H and O–H groups in total. The molecule has 0 amide bonds. The molecule has 2 nitrogen and oxygen atoms in total. The summed E-state index contributed by atoms with van der Waals surface area (Å²) in [6.07, 6.45) is 9.83. The van der Waals surface area contributed by atoms with E-state index in [1.807, 2.05) is 14.1 Å². The normalized spacial score (nSPS) is 33.0. The Kier molecular flexibility index (Phi) is 3.62. The molecule has 13 heavy (non-hydrogen) atoms. The molecule has 1 unspecified atom stereocenters. The lowest BCUT2D eigenvalue weighted by molar-refractivity contribution is 0.839. The topological polar surface area (TPSA) is 24.1 Å². The van der Waals surface area contributed by atoms with Gasteiger partial charge in [-0.15, -0.1) is 0 Å². The number of hydrogen-bond donors (Lipinski definition) is 2. The fraction of sp³-hybridized carbons (Fsp3) is 0.455. The molecule has 0 saturated carbocycles. The van der Waals surface area contributed by atoms with Gasteiger partial charge in [0.15, 0.2) is 0 Å². The molecule has 0 bridgehead atoms. The molecule has 0 fully saturated rings. The Balaban J connectivity index is 2.92. The molecule has 0 aromatic carbocycles. The van der Waals surface area contributed by atoms with E-state index in [1.54, 1.807) is 0 Å². The summed E-state index contributed by atoms with van der Waals surface area (Å²) in [4.78, 5) is 0. The first kappa shape index (κ1) is 9.90. The van der Waals surface area contributed by atoms with Crippen molar-refractivity contribution in [3.8, 4) is 0 Å². The van der Waals surface area contributed by atoms with Crippen molar-refractivity contribution >= 4 is 0 Å². The smallest absolute Gasteiger partial charge is 0.0535 e. The molecule has 0 radical (unpaired) electrons. The van der Waals surface area contributed by atoms with Gasteiger partial charge in [0.1, 0.15) is 0 Å². The van der Waals surface area contributed by atoms with Crippen molar-refractivity contribution in [2.75, 3.05) is 14.1 Å². The van der Waals surface area contributed by atoms with Gasteiger partial charge in [0.2, 0.25) is 0 Å². The number of rotatable bonds is 2. The first-order valence-electron chi connectivity index (χ1n) is 4.72. The third-order valence-corrected chi connectivity index (χ3v) is 2.16. The number of nitrogens with one attached hydrogen (secondary N) is 2. The van der Waals surface area contributed by atoms with Crippen molar-refractivity contribution < 1.29 is 0 Å². The zero-order chi connectivity index (χ0) is 9.68. The maximum atomic E-state index is 3.20. The van der Waals surface area contributed by atoms with Crippen molar-refractivity contribution in [3.05, 3.63) is 35.7 Å². The van der Waals surface area contributed by atoms with Crippen molar-refractivity contribution in [1.82, 2.24) is 10.6 Å². The fourth-order valence-electron chi connectivity index (χ4n) is 1.45. The lowest BCUT2D eigenvalue weighted by Gasteiger charge is -2.14. The molecule has 1 atom stereocenters. The Morgan fingerprint density at radius 3 is 2.54 bits per heavy atom. The first-order valence-corrected chi connectivity index (χ1v) is 4.72. The summed E-state index contributed by atoms with van der Waals surface area (Å²) in [6.45, 7) is 2.19. The monoisotopic (exact) mass is 178 g/mol. The number of allylic oxidation sites excluding steroid dienone is 4. The Morgan fingerprint density at radius 2 is 1.92 bits per heavy atom. The van der Waals surface area contributed by atoms with Crippen LogP contribution >= 0.6 is 0 Å². The molecule has 0 spiro atoms. The number of likely N-dealkylation sites (N-methyl/N-ethyl adjacent to an activating group) is 2. The third-order valence-electron chi connectivity index (χ3n) is 2.16. The minimum absolute atomic E-state index is 0.500. The lowest BCUT2D eigenvalue weighted by atomic mass is 10.1. The van der Waals surface area contributed by atoms with Gasteiger partial charge in [-0.1, -0.05) is 31.2 Å². The van der Waals surface area contributed by atoms with Crippen LogP contribution < -0.4 is 10.6 Å². The highest BCUT2D eigenvalue weighted by Crippen LogP contribution is 2.13. The molecule has 1 aliphatic carbocycles. The largest absolute Gasteiger partial charge is 0.387 e. The third kappa shape index (κ3) is 2.65. The number of hydrogen-bond acceptors (Lipinski definition) is 2. The Labute approximate surface area is 80.4 Å². The van der Waals surface area contributed by atoms with Crippen LogP contribution in [0.15, 0.2) is 35.7 Å². The van der Waals surface area contributed by atoms with Crippen molar-refractivity contribution in [1.29, 1.82) is 0 Å². The fourth-order valence-corrected chi connectivity index (χ4v) is 1.45. The van der Waals surface area contributed by atoms with Crippen molar-refractivity contribution in [2.45, 2.75) is 13.3 Å². The second-order valence-corrected chi connectivity index (χ2v) is 3.22. The Hall–Kier alpha value is -1.18. The summed E-state index contributed by atoms with van der Waals surface area (Å²) in [5.74, 6) is 0.500. The minimum Gasteiger partial charge on any atom is -0.387 e. The van der Waals surface area contributed by atoms with Crippen LogP contribution in [-0.4, -0.2) is 14.1 Å². The maximum absolute atomic E-state index is 3.20. The quantitative estimate of drug-likeness (QED) is 0.630. The highest BCUT2D eigenvalue weighted by molar-refractivity contribution is 5.30. The zero-order valence-electron chi connectivity index (χ0n) is 8.59. The van der Waals surface area contributed by atoms with Gasteiger partial charge in [0.05, 0.1) is 11.4 Å². The zero-order valence-corrected chi connectivity index (χ0v) is 8.59. The van der Waals surface area contributed by atoms with Crippen LogP contribution in [0, 0.1) is 5.92 Å². The summed E-state index contributed by atoms with van der Waals surface area (Å²) in [6, 6.07) is 0. The van der Waals surface area contributed by atoms with E-state index in [4.69, 9.17) is 0 Å². The van der Waals surface area contributed by atoms with Gasteiger partial charge in [-0.25, -0.2) is 0 Å². The van der Waals surface area contributed by atoms with Gasteiger partial charge in [0.25, 0.3) is 0 Å². The van der Waals surface area contributed by atoms with Crippen LogP contribution in [0.1, 0.15) is 13.3 Å². The van der Waals surface area contributed by atoms with E-state index in [9.17, 15) is 0 Å². The van der Waals surface area contributed by atoms with E-state index >= 15 is 0 Å². The summed E-state index contributed by atoms with van der Waals surface area (Å²) in [5, 5.41) is 6.39. The predicted molar refractivity (Wildman–Crippen MR) is 57.2 cm³/mol. The van der Waals surface area contributed by atoms with Crippen LogP contribution in [-0.2, 0) is 0 Å². The van der Waals surface area contributed by atoms with Gasteiger partial charge in [-0.2, -0.15) is 0 Å². The highest BCUT2D eigenvalue weighted by Gasteiger charge is 2.04. The predicted octanol–water partition coefficient (Wildman–Crippen LogP) is 1.79.